The van der Waals surface area contributed by atoms with Crippen molar-refractivity contribution in [2.24, 2.45) is 10.9 Å². The number of ether oxygens (including phenoxy) is 2. The molecule has 2 unspecified atom stereocenters. The van der Waals surface area contributed by atoms with Crippen molar-refractivity contribution in [2.75, 3.05) is 46.6 Å². The molecular formula is C22H39IN4O2. The molecule has 1 heterocycles. The number of halogens is 1. The third-order valence-electron chi connectivity index (χ3n) is 4.96. The summed E-state index contributed by atoms with van der Waals surface area (Å²) in [7, 11) is 1.80. The quantitative estimate of drug-likeness (QED) is 0.182. The van der Waals surface area contributed by atoms with E-state index in [0.29, 0.717) is 5.92 Å². The molecule has 6 nitrogen and oxygen atoms in total. The molecule has 0 bridgehead atoms. The molecule has 1 aromatic carbocycles. The van der Waals surface area contributed by atoms with Crippen LogP contribution in [0, 0.1) is 5.92 Å². The summed E-state index contributed by atoms with van der Waals surface area (Å²) in [6, 6.07) is 10.8. The van der Waals surface area contributed by atoms with Crippen LogP contribution in [0.15, 0.2) is 35.3 Å². The van der Waals surface area contributed by atoms with Gasteiger partial charge in [-0.15, -0.1) is 24.0 Å². The Morgan fingerprint density at radius 1 is 1.28 bits per heavy atom. The molecule has 0 spiro atoms. The molecule has 166 valence electrons. The van der Waals surface area contributed by atoms with Gasteiger partial charge in [0.2, 0.25) is 0 Å². The molecule has 1 aliphatic heterocycles. The van der Waals surface area contributed by atoms with Crippen LogP contribution >= 0.6 is 24.0 Å². The van der Waals surface area contributed by atoms with Crippen molar-refractivity contribution < 1.29 is 9.47 Å². The fourth-order valence-corrected chi connectivity index (χ4v) is 3.33. The summed E-state index contributed by atoms with van der Waals surface area (Å²) in [5.74, 6) is 1.40. The fourth-order valence-electron chi connectivity index (χ4n) is 3.33. The second-order valence-corrected chi connectivity index (χ2v) is 8.17. The van der Waals surface area contributed by atoms with E-state index < -0.39 is 0 Å². The highest BCUT2D eigenvalue weighted by atomic mass is 127. The first-order valence-corrected chi connectivity index (χ1v) is 10.4. The maximum Gasteiger partial charge on any atom is 0.191 e. The third-order valence-corrected chi connectivity index (χ3v) is 4.96. The Labute approximate surface area is 193 Å². The smallest absolute Gasteiger partial charge is 0.191 e. The van der Waals surface area contributed by atoms with Gasteiger partial charge >= 0.3 is 0 Å². The van der Waals surface area contributed by atoms with Crippen LogP contribution in [0.2, 0.25) is 0 Å². The van der Waals surface area contributed by atoms with Crippen LogP contribution in [-0.2, 0) is 9.47 Å². The molecular weight excluding hydrogens is 479 g/mol. The van der Waals surface area contributed by atoms with E-state index in [-0.39, 0.29) is 35.6 Å². The molecule has 7 heteroatoms. The van der Waals surface area contributed by atoms with Gasteiger partial charge in [0.1, 0.15) is 0 Å². The van der Waals surface area contributed by atoms with Crippen molar-refractivity contribution in [3.63, 3.8) is 0 Å². The first-order chi connectivity index (χ1) is 13.5. The molecule has 2 rings (SSSR count). The fraction of sp³-hybridized carbons (Fsp3) is 0.682. The Kier molecular flexibility index (Phi) is 12.8. The zero-order chi connectivity index (χ0) is 20.2. The average Bonchev–Trinajstić information content (AvgIpc) is 3.20. The van der Waals surface area contributed by atoms with Gasteiger partial charge in [-0.1, -0.05) is 30.3 Å². The summed E-state index contributed by atoms with van der Waals surface area (Å²) < 4.78 is 11.1. The second-order valence-electron chi connectivity index (χ2n) is 8.17. The number of rotatable bonds is 11. The van der Waals surface area contributed by atoms with E-state index in [0.717, 1.165) is 58.3 Å². The minimum Gasteiger partial charge on any atom is -0.381 e. The number of nitrogens with one attached hydrogen (secondary N) is 3. The van der Waals surface area contributed by atoms with Crippen LogP contribution in [0.25, 0.3) is 0 Å². The van der Waals surface area contributed by atoms with Gasteiger partial charge in [0.25, 0.3) is 0 Å². The number of nitrogens with zero attached hydrogens (tertiary/aromatic N) is 1. The average molecular weight is 518 g/mol. The van der Waals surface area contributed by atoms with Crippen LogP contribution in [0.3, 0.4) is 0 Å². The molecule has 2 atom stereocenters. The zero-order valence-corrected chi connectivity index (χ0v) is 20.7. The summed E-state index contributed by atoms with van der Waals surface area (Å²) in [4.78, 5) is 4.32. The highest BCUT2D eigenvalue weighted by molar-refractivity contribution is 14.0. The van der Waals surface area contributed by atoms with Crippen LogP contribution in [0.4, 0.5) is 0 Å². The number of hydrogen-bond donors (Lipinski definition) is 3. The molecule has 1 aromatic rings. The molecule has 1 saturated heterocycles. The summed E-state index contributed by atoms with van der Waals surface area (Å²) >= 11 is 0. The van der Waals surface area contributed by atoms with E-state index in [1.54, 1.807) is 7.05 Å². The van der Waals surface area contributed by atoms with E-state index in [1.165, 1.54) is 5.56 Å². The topological polar surface area (TPSA) is 66.9 Å². The van der Waals surface area contributed by atoms with Gasteiger partial charge in [-0.25, -0.2) is 0 Å². The molecule has 29 heavy (non-hydrogen) atoms. The predicted molar refractivity (Wildman–Crippen MR) is 131 cm³/mol. The lowest BCUT2D eigenvalue weighted by molar-refractivity contribution is 0.0888. The minimum absolute atomic E-state index is 0. The Morgan fingerprint density at radius 3 is 2.69 bits per heavy atom. The molecule has 1 aliphatic rings. The molecule has 0 aromatic heterocycles. The highest BCUT2D eigenvalue weighted by Gasteiger charge is 2.21. The zero-order valence-electron chi connectivity index (χ0n) is 18.4. The second kappa shape index (κ2) is 14.2. The maximum atomic E-state index is 5.74. The van der Waals surface area contributed by atoms with Crippen LogP contribution in [0.1, 0.15) is 45.2 Å². The van der Waals surface area contributed by atoms with Crippen molar-refractivity contribution in [3.05, 3.63) is 35.9 Å². The van der Waals surface area contributed by atoms with E-state index in [4.69, 9.17) is 9.47 Å². The Bertz CT molecular complexity index is 577. The van der Waals surface area contributed by atoms with Gasteiger partial charge in [-0.05, 0) is 39.2 Å². The summed E-state index contributed by atoms with van der Waals surface area (Å²) in [6.07, 6.45) is 2.09. The number of benzene rings is 1. The molecule has 0 saturated carbocycles. The molecule has 1 fully saturated rings. The van der Waals surface area contributed by atoms with E-state index in [9.17, 15) is 0 Å². The Morgan fingerprint density at radius 2 is 2.03 bits per heavy atom. The van der Waals surface area contributed by atoms with Crippen LogP contribution < -0.4 is 16.0 Å². The number of guanidine groups is 1. The Hall–Kier alpha value is -0.900. The van der Waals surface area contributed by atoms with Crippen LogP contribution in [-0.4, -0.2) is 58.1 Å². The van der Waals surface area contributed by atoms with Crippen LogP contribution in [0.5, 0.6) is 0 Å². The molecule has 0 amide bonds. The lowest BCUT2D eigenvalue weighted by atomic mass is 10.0. The van der Waals surface area contributed by atoms with E-state index in [1.807, 2.05) is 6.07 Å². The van der Waals surface area contributed by atoms with Gasteiger partial charge in [0.05, 0.1) is 13.2 Å². The summed E-state index contributed by atoms with van der Waals surface area (Å²) in [5, 5.41) is 10.5. The number of aliphatic imine (C=N–C) groups is 1. The van der Waals surface area contributed by atoms with Crippen molar-refractivity contribution in [1.82, 2.24) is 16.0 Å². The maximum absolute atomic E-state index is 5.74. The van der Waals surface area contributed by atoms with Crippen molar-refractivity contribution >= 4 is 29.9 Å². The van der Waals surface area contributed by atoms with Gasteiger partial charge in [-0.2, -0.15) is 0 Å². The van der Waals surface area contributed by atoms with Gasteiger partial charge in [0, 0.05) is 50.8 Å². The van der Waals surface area contributed by atoms with Gasteiger partial charge < -0.3 is 25.4 Å². The normalized spacial score (nSPS) is 18.2. The molecule has 0 aliphatic carbocycles. The molecule has 3 N–H and O–H groups in total. The largest absolute Gasteiger partial charge is 0.381 e. The summed E-state index contributed by atoms with van der Waals surface area (Å²) in [6.45, 7) is 11.5. The standard InChI is InChI=1S/C22H38N4O2.HI/c1-18(20-9-6-5-7-10-20)26-22(2,3)17-25-21(23-4)24-12-8-13-27-15-19-11-14-28-16-19;/h5-7,9-10,18-19,26H,8,11-17H2,1-4H3,(H2,23,24,25);1H. The first-order valence-electron chi connectivity index (χ1n) is 10.4. The SMILES string of the molecule is CN=C(NCCCOCC1CCOC1)NCC(C)(C)NC(C)c1ccccc1.I. The Balaban J connectivity index is 0.00000420. The monoisotopic (exact) mass is 518 g/mol. The summed E-state index contributed by atoms with van der Waals surface area (Å²) in [5.41, 5.74) is 1.22. The lowest BCUT2D eigenvalue weighted by Crippen LogP contribution is -2.52. The number of hydrogen-bond acceptors (Lipinski definition) is 4. The minimum atomic E-state index is -0.0701. The van der Waals surface area contributed by atoms with Crippen molar-refractivity contribution in [3.8, 4) is 0 Å². The van der Waals surface area contributed by atoms with Gasteiger partial charge in [-0.3, -0.25) is 4.99 Å². The molecule has 0 radical (unpaired) electrons. The van der Waals surface area contributed by atoms with Crippen molar-refractivity contribution in [2.45, 2.75) is 45.2 Å². The predicted octanol–water partition coefficient (Wildman–Crippen LogP) is 3.34. The van der Waals surface area contributed by atoms with Gasteiger partial charge in [0.15, 0.2) is 5.96 Å². The first kappa shape index (κ1) is 26.1. The highest BCUT2D eigenvalue weighted by Crippen LogP contribution is 2.15. The lowest BCUT2D eigenvalue weighted by Gasteiger charge is -2.31. The van der Waals surface area contributed by atoms with Crippen molar-refractivity contribution in [1.29, 1.82) is 0 Å². The van der Waals surface area contributed by atoms with E-state index in [2.05, 4.69) is 66.0 Å². The third kappa shape index (κ3) is 10.6. The van der Waals surface area contributed by atoms with E-state index >= 15 is 0 Å².